The third-order valence-electron chi connectivity index (χ3n) is 2.53. The van der Waals surface area contributed by atoms with Crippen molar-refractivity contribution in [2.24, 2.45) is 0 Å². The summed E-state index contributed by atoms with van der Waals surface area (Å²) in [5.74, 6) is 0.0124. The predicted molar refractivity (Wildman–Crippen MR) is 69.5 cm³/mol. The fraction of sp³-hybridized carbons (Fsp3) is 0.917. The zero-order valence-corrected chi connectivity index (χ0v) is 11.8. The lowest BCUT2D eigenvalue weighted by molar-refractivity contribution is -0.128. The Bertz CT molecular complexity index is 226. The monoisotopic (exact) mass is 262 g/mol. The molecule has 6 heteroatoms. The second-order valence-electron chi connectivity index (χ2n) is 4.29. The Morgan fingerprint density at radius 3 is 2.67 bits per heavy atom. The number of likely N-dealkylation sites (N-methyl/N-ethyl adjacent to an activating group) is 1. The van der Waals surface area contributed by atoms with Crippen molar-refractivity contribution in [2.45, 2.75) is 26.1 Å². The average Bonchev–Trinajstić information content (AvgIpc) is 2.35. The number of hydrogen-bond acceptors (Lipinski definition) is 5. The summed E-state index contributed by atoms with van der Waals surface area (Å²) in [6.45, 7) is 5.77. The van der Waals surface area contributed by atoms with E-state index in [0.717, 1.165) is 0 Å². The van der Waals surface area contributed by atoms with Crippen LogP contribution in [0.4, 0.5) is 0 Å². The van der Waals surface area contributed by atoms with E-state index in [1.54, 1.807) is 19.1 Å². The molecule has 1 amide bonds. The van der Waals surface area contributed by atoms with E-state index >= 15 is 0 Å². The third-order valence-corrected chi connectivity index (χ3v) is 2.53. The molecule has 0 saturated carbocycles. The minimum Gasteiger partial charge on any atom is -0.389 e. The lowest BCUT2D eigenvalue weighted by Crippen LogP contribution is -2.39. The zero-order valence-electron chi connectivity index (χ0n) is 11.8. The SMILES string of the molecule is CCN(C)C(=O)CNCC(O)COC(C)COC. The third kappa shape index (κ3) is 8.41. The summed E-state index contributed by atoms with van der Waals surface area (Å²) in [4.78, 5) is 13.1. The van der Waals surface area contributed by atoms with Crippen LogP contribution in [0.3, 0.4) is 0 Å². The molecule has 0 heterocycles. The van der Waals surface area contributed by atoms with Crippen LogP contribution in [0.25, 0.3) is 0 Å². The number of methoxy groups -OCH3 is 1. The number of aliphatic hydroxyl groups is 1. The maximum absolute atomic E-state index is 11.4. The summed E-state index contributed by atoms with van der Waals surface area (Å²) in [6.07, 6.45) is -0.665. The van der Waals surface area contributed by atoms with E-state index in [1.807, 2.05) is 13.8 Å². The van der Waals surface area contributed by atoms with Crippen LogP contribution in [0.1, 0.15) is 13.8 Å². The molecule has 0 spiro atoms. The van der Waals surface area contributed by atoms with Crippen LogP contribution in [-0.4, -0.2) is 75.1 Å². The molecule has 108 valence electrons. The molecule has 2 atom stereocenters. The largest absolute Gasteiger partial charge is 0.389 e. The van der Waals surface area contributed by atoms with Crippen molar-refractivity contribution in [1.82, 2.24) is 10.2 Å². The molecule has 0 radical (unpaired) electrons. The highest BCUT2D eigenvalue weighted by atomic mass is 16.5. The predicted octanol–water partition coefficient (Wildman–Crippen LogP) is -0.533. The van der Waals surface area contributed by atoms with Crippen molar-refractivity contribution in [3.8, 4) is 0 Å². The minimum atomic E-state index is -0.621. The molecule has 0 aliphatic rings. The number of amides is 1. The van der Waals surface area contributed by atoms with Gasteiger partial charge in [-0.25, -0.2) is 0 Å². The molecule has 0 aromatic rings. The summed E-state index contributed by atoms with van der Waals surface area (Å²) in [7, 11) is 3.35. The number of nitrogens with one attached hydrogen (secondary N) is 1. The molecule has 2 N–H and O–H groups in total. The second kappa shape index (κ2) is 10.3. The molecule has 0 saturated heterocycles. The first kappa shape index (κ1) is 17.3. The number of hydrogen-bond donors (Lipinski definition) is 2. The van der Waals surface area contributed by atoms with Crippen LogP contribution in [0, 0.1) is 0 Å². The Kier molecular flexibility index (Phi) is 9.86. The highest BCUT2D eigenvalue weighted by Gasteiger charge is 2.10. The number of carbonyl (C=O) groups is 1. The van der Waals surface area contributed by atoms with Gasteiger partial charge in [0, 0.05) is 27.2 Å². The number of aliphatic hydroxyl groups excluding tert-OH is 1. The molecule has 0 rings (SSSR count). The highest BCUT2D eigenvalue weighted by molar-refractivity contribution is 5.77. The summed E-state index contributed by atoms with van der Waals surface area (Å²) < 4.78 is 10.3. The highest BCUT2D eigenvalue weighted by Crippen LogP contribution is 1.93. The van der Waals surface area contributed by atoms with Gasteiger partial charge in [0.25, 0.3) is 0 Å². The molecule has 0 fully saturated rings. The van der Waals surface area contributed by atoms with E-state index in [4.69, 9.17) is 9.47 Å². The van der Waals surface area contributed by atoms with Gasteiger partial charge in [0.05, 0.1) is 32.0 Å². The van der Waals surface area contributed by atoms with Crippen LogP contribution >= 0.6 is 0 Å². The summed E-state index contributed by atoms with van der Waals surface area (Å²) in [5.41, 5.74) is 0. The van der Waals surface area contributed by atoms with Gasteiger partial charge in [-0.05, 0) is 13.8 Å². The van der Waals surface area contributed by atoms with Crippen LogP contribution in [-0.2, 0) is 14.3 Å². The fourth-order valence-corrected chi connectivity index (χ4v) is 1.27. The van der Waals surface area contributed by atoms with Crippen molar-refractivity contribution in [1.29, 1.82) is 0 Å². The van der Waals surface area contributed by atoms with Gasteiger partial charge in [-0.1, -0.05) is 0 Å². The average molecular weight is 262 g/mol. The standard InChI is InChI=1S/C12H26N2O4/c1-5-14(3)12(16)7-13-6-11(15)9-18-10(2)8-17-4/h10-11,13,15H,5-9H2,1-4H3. The Labute approximate surface area is 109 Å². The van der Waals surface area contributed by atoms with E-state index in [2.05, 4.69) is 5.32 Å². The van der Waals surface area contributed by atoms with E-state index in [-0.39, 0.29) is 25.2 Å². The van der Waals surface area contributed by atoms with Crippen LogP contribution in [0.2, 0.25) is 0 Å². The van der Waals surface area contributed by atoms with Crippen LogP contribution in [0.15, 0.2) is 0 Å². The first-order chi connectivity index (χ1) is 8.51. The van der Waals surface area contributed by atoms with Gasteiger partial charge < -0.3 is 24.8 Å². The van der Waals surface area contributed by atoms with Gasteiger partial charge >= 0.3 is 0 Å². The number of rotatable bonds is 10. The summed E-state index contributed by atoms with van der Waals surface area (Å²) >= 11 is 0. The van der Waals surface area contributed by atoms with E-state index in [0.29, 0.717) is 19.7 Å². The Hall–Kier alpha value is -0.690. The van der Waals surface area contributed by atoms with Crippen molar-refractivity contribution in [3.63, 3.8) is 0 Å². The van der Waals surface area contributed by atoms with Crippen molar-refractivity contribution in [2.75, 3.05) is 47.0 Å². The zero-order chi connectivity index (χ0) is 14.0. The molecule has 18 heavy (non-hydrogen) atoms. The number of carbonyl (C=O) groups excluding carboxylic acids is 1. The van der Waals surface area contributed by atoms with Gasteiger partial charge in [-0.3, -0.25) is 4.79 Å². The topological polar surface area (TPSA) is 71.0 Å². The lowest BCUT2D eigenvalue weighted by atomic mass is 10.3. The number of ether oxygens (including phenoxy) is 2. The molecule has 0 aromatic heterocycles. The molecule has 0 aromatic carbocycles. The summed E-state index contributed by atoms with van der Waals surface area (Å²) in [6, 6.07) is 0. The molecule has 0 aliphatic carbocycles. The van der Waals surface area contributed by atoms with Gasteiger partial charge in [-0.15, -0.1) is 0 Å². The maximum atomic E-state index is 11.4. The van der Waals surface area contributed by atoms with Crippen molar-refractivity contribution < 1.29 is 19.4 Å². The van der Waals surface area contributed by atoms with Gasteiger partial charge in [0.2, 0.25) is 5.91 Å². The molecule has 0 aliphatic heterocycles. The smallest absolute Gasteiger partial charge is 0.236 e. The minimum absolute atomic E-state index is 0.0124. The summed E-state index contributed by atoms with van der Waals surface area (Å²) in [5, 5.41) is 12.5. The second-order valence-corrected chi connectivity index (χ2v) is 4.29. The van der Waals surface area contributed by atoms with Gasteiger partial charge in [0.15, 0.2) is 0 Å². The fourth-order valence-electron chi connectivity index (χ4n) is 1.27. The van der Waals surface area contributed by atoms with Crippen LogP contribution in [0.5, 0.6) is 0 Å². The first-order valence-corrected chi connectivity index (χ1v) is 6.24. The Morgan fingerprint density at radius 2 is 2.11 bits per heavy atom. The maximum Gasteiger partial charge on any atom is 0.236 e. The van der Waals surface area contributed by atoms with E-state index in [1.165, 1.54) is 0 Å². The van der Waals surface area contributed by atoms with Gasteiger partial charge in [0.1, 0.15) is 0 Å². The van der Waals surface area contributed by atoms with E-state index in [9.17, 15) is 9.90 Å². The van der Waals surface area contributed by atoms with Crippen molar-refractivity contribution >= 4 is 5.91 Å². The molecule has 0 bridgehead atoms. The van der Waals surface area contributed by atoms with Gasteiger partial charge in [-0.2, -0.15) is 0 Å². The number of nitrogens with zero attached hydrogens (tertiary/aromatic N) is 1. The Morgan fingerprint density at radius 1 is 1.44 bits per heavy atom. The quantitative estimate of drug-likeness (QED) is 0.554. The molecule has 6 nitrogen and oxygen atoms in total. The molecule has 2 unspecified atom stereocenters. The Balaban J connectivity index is 3.59. The first-order valence-electron chi connectivity index (χ1n) is 6.24. The molecular weight excluding hydrogens is 236 g/mol. The molecular formula is C12H26N2O4. The van der Waals surface area contributed by atoms with Crippen LogP contribution < -0.4 is 5.32 Å². The van der Waals surface area contributed by atoms with E-state index < -0.39 is 6.10 Å². The van der Waals surface area contributed by atoms with Crippen molar-refractivity contribution in [3.05, 3.63) is 0 Å². The normalized spacial score (nSPS) is 14.3. The lowest BCUT2D eigenvalue weighted by Gasteiger charge is -2.18.